The van der Waals surface area contributed by atoms with Crippen LogP contribution in [-0.2, 0) is 34.0 Å². The molecule has 0 saturated carbocycles. The molecule has 0 aromatic heterocycles. The van der Waals surface area contributed by atoms with Crippen LogP contribution in [0, 0.1) is 0 Å². The monoisotopic (exact) mass is 1560 g/mol. The fraction of sp³-hybridized carbons (Fsp3) is 0.600. The SMILES string of the molecule is CCCCCCCCCCCCOc1ccc(-c2ccc(OCCCCCCCCOCc3cc(COCCCCCCCCOc4ccc(-c5ccc(OCCCCCCCCCCCC)cc5)cc4)cc(COCCCCCCCCOc4ccc(-c5ccc(OCCCCCCCCCCCC)cc5)cc4)c3)cc2)cc1. The van der Waals surface area contributed by atoms with Crippen molar-refractivity contribution >= 4 is 0 Å². The topological polar surface area (TPSA) is 83.1 Å². The largest absolute Gasteiger partial charge is 0.494 e. The van der Waals surface area contributed by atoms with Gasteiger partial charge in [0, 0.05) is 19.8 Å². The Labute approximate surface area is 695 Å². The minimum atomic E-state index is 0.602. The molecular weight excluding hydrogens is 1410 g/mol. The van der Waals surface area contributed by atoms with E-state index in [1.807, 2.05) is 0 Å². The van der Waals surface area contributed by atoms with Gasteiger partial charge in [0.2, 0.25) is 0 Å². The normalized spacial score (nSPS) is 11.4. The van der Waals surface area contributed by atoms with Crippen molar-refractivity contribution in [2.24, 2.45) is 0 Å². The fourth-order valence-corrected chi connectivity index (χ4v) is 15.1. The van der Waals surface area contributed by atoms with Crippen LogP contribution in [0.3, 0.4) is 0 Å². The van der Waals surface area contributed by atoms with Crippen LogP contribution in [0.4, 0.5) is 0 Å². The molecule has 0 N–H and O–H groups in total. The first-order valence-electron chi connectivity index (χ1n) is 46.8. The van der Waals surface area contributed by atoms with E-state index in [-0.39, 0.29) is 0 Å². The quantitative estimate of drug-likeness (QED) is 0.0346. The van der Waals surface area contributed by atoms with Crippen molar-refractivity contribution in [3.8, 4) is 67.9 Å². The summed E-state index contributed by atoms with van der Waals surface area (Å²) in [5, 5.41) is 0. The Morgan fingerprint density at radius 3 is 0.430 bits per heavy atom. The van der Waals surface area contributed by atoms with E-state index in [0.29, 0.717) is 19.8 Å². The Morgan fingerprint density at radius 2 is 0.281 bits per heavy atom. The summed E-state index contributed by atoms with van der Waals surface area (Å²) in [6.07, 6.45) is 60.8. The molecule has 0 atom stereocenters. The molecule has 7 aromatic carbocycles. The third kappa shape index (κ3) is 45.7. The highest BCUT2D eigenvalue weighted by atomic mass is 16.5. The Balaban J connectivity index is 0.718. The van der Waals surface area contributed by atoms with E-state index in [2.05, 4.69) is 185 Å². The molecule has 0 aliphatic rings. The third-order valence-electron chi connectivity index (χ3n) is 22.2. The van der Waals surface area contributed by atoms with Crippen LogP contribution in [0.1, 0.15) is 346 Å². The molecule has 0 aliphatic carbocycles. The minimum absolute atomic E-state index is 0.602. The molecule has 0 amide bonds. The summed E-state index contributed by atoms with van der Waals surface area (Å²) in [5.41, 5.74) is 10.8. The molecule has 0 radical (unpaired) electrons. The van der Waals surface area contributed by atoms with Crippen LogP contribution >= 0.6 is 0 Å². The maximum absolute atomic E-state index is 6.33. The Hall–Kier alpha value is -6.78. The number of unbranched alkanes of at least 4 members (excludes halogenated alkanes) is 42. The molecule has 0 spiro atoms. The number of rotatable bonds is 75. The van der Waals surface area contributed by atoms with E-state index in [4.69, 9.17) is 42.6 Å². The van der Waals surface area contributed by atoms with Gasteiger partial charge in [0.15, 0.2) is 0 Å². The minimum Gasteiger partial charge on any atom is -0.494 e. The lowest BCUT2D eigenvalue weighted by molar-refractivity contribution is 0.109. The smallest absolute Gasteiger partial charge is 0.119 e. The first kappa shape index (κ1) is 94.4. The zero-order chi connectivity index (χ0) is 79.5. The lowest BCUT2D eigenvalue weighted by Gasteiger charge is -2.12. The van der Waals surface area contributed by atoms with Crippen molar-refractivity contribution in [3.05, 3.63) is 180 Å². The first-order chi connectivity index (χ1) is 56.5. The summed E-state index contributed by atoms with van der Waals surface area (Å²) in [7, 11) is 0. The van der Waals surface area contributed by atoms with Gasteiger partial charge in [-0.05, 0) is 181 Å². The average molecular weight is 1560 g/mol. The van der Waals surface area contributed by atoms with Gasteiger partial charge in [-0.1, -0.05) is 362 Å². The van der Waals surface area contributed by atoms with Crippen LogP contribution in [0.5, 0.6) is 34.5 Å². The van der Waals surface area contributed by atoms with Gasteiger partial charge >= 0.3 is 0 Å². The van der Waals surface area contributed by atoms with Crippen molar-refractivity contribution < 1.29 is 42.6 Å². The summed E-state index contributed by atoms with van der Waals surface area (Å²) >= 11 is 0. The summed E-state index contributed by atoms with van der Waals surface area (Å²) < 4.78 is 55.7. The zero-order valence-corrected chi connectivity index (χ0v) is 72.2. The van der Waals surface area contributed by atoms with Gasteiger partial charge in [-0.25, -0.2) is 0 Å². The van der Waals surface area contributed by atoms with Gasteiger partial charge < -0.3 is 42.6 Å². The molecule has 7 aromatic rings. The van der Waals surface area contributed by atoms with E-state index in [9.17, 15) is 0 Å². The summed E-state index contributed by atoms with van der Waals surface area (Å²) in [6, 6.07) is 58.0. The third-order valence-corrected chi connectivity index (χ3v) is 22.2. The highest BCUT2D eigenvalue weighted by Crippen LogP contribution is 2.30. The first-order valence-corrected chi connectivity index (χ1v) is 46.8. The van der Waals surface area contributed by atoms with Gasteiger partial charge in [-0.15, -0.1) is 0 Å². The van der Waals surface area contributed by atoms with Crippen LogP contribution in [0.15, 0.2) is 164 Å². The van der Waals surface area contributed by atoms with E-state index in [1.165, 1.54) is 300 Å². The van der Waals surface area contributed by atoms with Gasteiger partial charge in [-0.2, -0.15) is 0 Å². The number of hydrogen-bond acceptors (Lipinski definition) is 9. The van der Waals surface area contributed by atoms with Crippen LogP contribution in [0.25, 0.3) is 33.4 Å². The summed E-state index contributed by atoms with van der Waals surface area (Å²) in [6.45, 7) is 15.6. The molecule has 0 fully saturated rings. The standard InChI is InChI=1S/C105H156O9/c1-4-7-10-13-16-19-22-25-37-46-79-109-100-64-52-94(53-65-100)97-58-70-103(71-59-97)112-82-49-40-31-28-34-43-76-106-88-91-85-92(89-107-77-44-35-29-32-41-50-83-113-104-72-60-98(61-73-104)95-54-66-101(67-55-95)110-80-47-38-26-23-20-17-14-11-8-5-2)87-93(86-91)90-108-78-45-36-30-33-42-51-84-114-105-74-62-99(63-75-105)96-56-68-102(69-57-96)111-81-48-39-27-24-21-18-15-12-9-6-3/h52-75,85-87H,4-51,76-84,88-90H2,1-3H3. The lowest BCUT2D eigenvalue weighted by Crippen LogP contribution is -2.03. The van der Waals surface area contributed by atoms with Crippen LogP contribution < -0.4 is 28.4 Å². The molecule has 9 nitrogen and oxygen atoms in total. The van der Waals surface area contributed by atoms with Crippen molar-refractivity contribution in [2.45, 2.75) is 349 Å². The van der Waals surface area contributed by atoms with Crippen molar-refractivity contribution in [1.29, 1.82) is 0 Å². The van der Waals surface area contributed by atoms with Gasteiger partial charge in [0.05, 0.1) is 59.5 Å². The molecule has 0 heterocycles. The predicted octanol–water partition coefficient (Wildman–Crippen LogP) is 31.4. The van der Waals surface area contributed by atoms with E-state index >= 15 is 0 Å². The fourth-order valence-electron chi connectivity index (χ4n) is 15.1. The average Bonchev–Trinajstić information content (AvgIpc) is 0.864. The Morgan fingerprint density at radius 1 is 0.149 bits per heavy atom. The molecule has 0 unspecified atom stereocenters. The number of hydrogen-bond donors (Lipinski definition) is 0. The highest BCUT2D eigenvalue weighted by molar-refractivity contribution is 5.67. The van der Waals surface area contributed by atoms with Gasteiger partial charge in [0.1, 0.15) is 34.5 Å². The number of benzene rings is 7. The lowest BCUT2D eigenvalue weighted by atomic mass is 10.1. The predicted molar refractivity (Wildman–Crippen MR) is 483 cm³/mol. The molecule has 9 heteroatoms. The molecule has 7 rings (SSSR count). The molecule has 630 valence electrons. The Kier molecular flexibility index (Phi) is 54.0. The van der Waals surface area contributed by atoms with E-state index < -0.39 is 0 Å². The maximum atomic E-state index is 6.33. The molecule has 0 bridgehead atoms. The van der Waals surface area contributed by atoms with Gasteiger partial charge in [0.25, 0.3) is 0 Å². The second-order valence-corrected chi connectivity index (χ2v) is 32.5. The van der Waals surface area contributed by atoms with E-state index in [1.54, 1.807) is 0 Å². The molecule has 0 saturated heterocycles. The Bertz CT molecular complexity index is 2960. The van der Waals surface area contributed by atoms with E-state index in [0.717, 1.165) is 152 Å². The summed E-state index contributed by atoms with van der Waals surface area (Å²) in [5.74, 6) is 5.67. The summed E-state index contributed by atoms with van der Waals surface area (Å²) in [4.78, 5) is 0. The second kappa shape index (κ2) is 65.3. The second-order valence-electron chi connectivity index (χ2n) is 32.5. The zero-order valence-electron chi connectivity index (χ0n) is 72.2. The molecular formula is C105H156O9. The maximum Gasteiger partial charge on any atom is 0.119 e. The van der Waals surface area contributed by atoms with Crippen molar-refractivity contribution in [3.63, 3.8) is 0 Å². The van der Waals surface area contributed by atoms with Crippen molar-refractivity contribution in [2.75, 3.05) is 59.5 Å². The molecule has 114 heavy (non-hydrogen) atoms. The van der Waals surface area contributed by atoms with Crippen LogP contribution in [0.2, 0.25) is 0 Å². The van der Waals surface area contributed by atoms with Crippen molar-refractivity contribution in [1.82, 2.24) is 0 Å². The van der Waals surface area contributed by atoms with Crippen LogP contribution in [-0.4, -0.2) is 59.5 Å². The number of ether oxygens (including phenoxy) is 9. The van der Waals surface area contributed by atoms with Gasteiger partial charge in [-0.3, -0.25) is 0 Å². The highest BCUT2D eigenvalue weighted by Gasteiger charge is 2.10. The molecule has 0 aliphatic heterocycles.